The van der Waals surface area contributed by atoms with E-state index in [2.05, 4.69) is 0 Å². The molecule has 1 aliphatic heterocycles. The molecule has 1 saturated heterocycles. The minimum absolute atomic E-state index is 0.162. The molecular weight excluding hydrogens is 266 g/mol. The molecule has 1 aromatic carbocycles. The third-order valence-electron chi connectivity index (χ3n) is 3.77. The lowest BCUT2D eigenvalue weighted by atomic mass is 9.82. The first-order valence-electron chi connectivity index (χ1n) is 6.34. The van der Waals surface area contributed by atoms with Gasteiger partial charge in [-0.05, 0) is 38.4 Å². The number of rotatable bonds is 3. The SMILES string of the molecule is CC1(C(=O)O)CCCN(Cc2c(O)cccc2Cl)C1. The maximum absolute atomic E-state index is 11.3. The van der Waals surface area contributed by atoms with Crippen LogP contribution in [0.15, 0.2) is 18.2 Å². The van der Waals surface area contributed by atoms with E-state index in [9.17, 15) is 15.0 Å². The van der Waals surface area contributed by atoms with Crippen molar-refractivity contribution in [3.05, 3.63) is 28.8 Å². The van der Waals surface area contributed by atoms with Crippen LogP contribution in [0.1, 0.15) is 25.3 Å². The molecule has 1 aromatic rings. The highest BCUT2D eigenvalue weighted by atomic mass is 35.5. The molecule has 4 nitrogen and oxygen atoms in total. The zero-order chi connectivity index (χ0) is 14.0. The second-order valence-electron chi connectivity index (χ2n) is 5.42. The van der Waals surface area contributed by atoms with Gasteiger partial charge in [0.25, 0.3) is 0 Å². The number of carbonyl (C=O) groups is 1. The molecule has 104 valence electrons. The molecule has 1 atom stereocenters. The van der Waals surface area contributed by atoms with Crippen LogP contribution in [0.4, 0.5) is 0 Å². The maximum Gasteiger partial charge on any atom is 0.310 e. The van der Waals surface area contributed by atoms with Crippen molar-refractivity contribution in [2.24, 2.45) is 5.41 Å². The van der Waals surface area contributed by atoms with Crippen LogP contribution < -0.4 is 0 Å². The molecule has 0 bridgehead atoms. The smallest absolute Gasteiger partial charge is 0.310 e. The van der Waals surface area contributed by atoms with Gasteiger partial charge < -0.3 is 10.2 Å². The van der Waals surface area contributed by atoms with Crippen molar-refractivity contribution in [3.63, 3.8) is 0 Å². The quantitative estimate of drug-likeness (QED) is 0.895. The highest BCUT2D eigenvalue weighted by Gasteiger charge is 2.37. The van der Waals surface area contributed by atoms with Gasteiger partial charge in [-0.3, -0.25) is 9.69 Å². The molecular formula is C14H18ClNO3. The van der Waals surface area contributed by atoms with Gasteiger partial charge in [-0.1, -0.05) is 17.7 Å². The van der Waals surface area contributed by atoms with Gasteiger partial charge in [0.05, 0.1) is 5.41 Å². The lowest BCUT2D eigenvalue weighted by Gasteiger charge is -2.37. The van der Waals surface area contributed by atoms with Crippen LogP contribution in [-0.2, 0) is 11.3 Å². The minimum atomic E-state index is -0.763. The molecule has 0 amide bonds. The number of carboxylic acids is 1. The number of phenols is 1. The molecule has 0 spiro atoms. The molecule has 1 fully saturated rings. The molecule has 2 N–H and O–H groups in total. The normalized spacial score (nSPS) is 24.3. The molecule has 1 unspecified atom stereocenters. The van der Waals surface area contributed by atoms with Crippen molar-refractivity contribution in [2.45, 2.75) is 26.3 Å². The number of aliphatic carboxylic acids is 1. The predicted octanol–water partition coefficient (Wildman–Crippen LogP) is 2.73. The van der Waals surface area contributed by atoms with Crippen molar-refractivity contribution in [1.82, 2.24) is 4.90 Å². The summed E-state index contributed by atoms with van der Waals surface area (Å²) in [6.07, 6.45) is 1.53. The standard InChI is InChI=1S/C14H18ClNO3/c1-14(13(18)19)6-3-7-16(9-14)8-10-11(15)4-2-5-12(10)17/h2,4-5,17H,3,6-9H2,1H3,(H,18,19). The predicted molar refractivity (Wildman–Crippen MR) is 73.4 cm³/mol. The van der Waals surface area contributed by atoms with E-state index in [4.69, 9.17) is 11.6 Å². The van der Waals surface area contributed by atoms with E-state index in [-0.39, 0.29) is 5.75 Å². The second kappa shape index (κ2) is 5.39. The van der Waals surface area contributed by atoms with Crippen molar-refractivity contribution < 1.29 is 15.0 Å². The molecule has 1 aliphatic rings. The van der Waals surface area contributed by atoms with E-state index in [1.54, 1.807) is 25.1 Å². The first kappa shape index (κ1) is 14.2. The molecule has 0 radical (unpaired) electrons. The fourth-order valence-electron chi connectivity index (χ4n) is 2.58. The number of hydrogen-bond donors (Lipinski definition) is 2. The van der Waals surface area contributed by atoms with Crippen molar-refractivity contribution >= 4 is 17.6 Å². The van der Waals surface area contributed by atoms with Gasteiger partial charge in [-0.2, -0.15) is 0 Å². The molecule has 0 saturated carbocycles. The topological polar surface area (TPSA) is 60.8 Å². The van der Waals surface area contributed by atoms with Crippen molar-refractivity contribution in [3.8, 4) is 5.75 Å². The van der Waals surface area contributed by atoms with Crippen LogP contribution in [0.3, 0.4) is 0 Å². The van der Waals surface area contributed by atoms with E-state index in [0.717, 1.165) is 13.0 Å². The van der Waals surface area contributed by atoms with Crippen LogP contribution in [0.25, 0.3) is 0 Å². The number of benzene rings is 1. The van der Waals surface area contributed by atoms with E-state index >= 15 is 0 Å². The summed E-state index contributed by atoms with van der Waals surface area (Å²) in [5, 5.41) is 19.6. The Hall–Kier alpha value is -1.26. The summed E-state index contributed by atoms with van der Waals surface area (Å²) in [6, 6.07) is 5.03. The lowest BCUT2D eigenvalue weighted by Crippen LogP contribution is -2.45. The van der Waals surface area contributed by atoms with E-state index in [1.165, 1.54) is 0 Å². The summed E-state index contributed by atoms with van der Waals surface area (Å²) in [6.45, 7) is 3.56. The fourth-order valence-corrected chi connectivity index (χ4v) is 2.81. The van der Waals surface area contributed by atoms with Crippen LogP contribution in [0.5, 0.6) is 5.75 Å². The number of hydrogen-bond acceptors (Lipinski definition) is 3. The number of piperidine rings is 1. The van der Waals surface area contributed by atoms with Gasteiger partial charge in [0.1, 0.15) is 5.75 Å². The Morgan fingerprint density at radius 1 is 1.53 bits per heavy atom. The number of likely N-dealkylation sites (tertiary alicyclic amines) is 1. The van der Waals surface area contributed by atoms with Gasteiger partial charge in [-0.25, -0.2) is 0 Å². The fraction of sp³-hybridized carbons (Fsp3) is 0.500. The van der Waals surface area contributed by atoms with Gasteiger partial charge in [0, 0.05) is 23.7 Å². The number of nitrogens with zero attached hydrogens (tertiary/aromatic N) is 1. The molecule has 19 heavy (non-hydrogen) atoms. The summed E-state index contributed by atoms with van der Waals surface area (Å²) in [7, 11) is 0. The molecule has 0 aromatic heterocycles. The Morgan fingerprint density at radius 3 is 2.89 bits per heavy atom. The van der Waals surface area contributed by atoms with E-state index < -0.39 is 11.4 Å². The third kappa shape index (κ3) is 3.01. The Kier molecular flexibility index (Phi) is 4.02. The summed E-state index contributed by atoms with van der Waals surface area (Å²) >= 11 is 6.08. The minimum Gasteiger partial charge on any atom is -0.508 e. The maximum atomic E-state index is 11.3. The van der Waals surface area contributed by atoms with E-state index in [0.29, 0.717) is 30.1 Å². The Morgan fingerprint density at radius 2 is 2.26 bits per heavy atom. The van der Waals surface area contributed by atoms with Gasteiger partial charge >= 0.3 is 5.97 Å². The third-order valence-corrected chi connectivity index (χ3v) is 4.12. The zero-order valence-corrected chi connectivity index (χ0v) is 11.7. The highest BCUT2D eigenvalue weighted by molar-refractivity contribution is 6.31. The summed E-state index contributed by atoms with van der Waals surface area (Å²) in [4.78, 5) is 13.3. The van der Waals surface area contributed by atoms with Crippen LogP contribution >= 0.6 is 11.6 Å². The monoisotopic (exact) mass is 283 g/mol. The summed E-state index contributed by atoms with van der Waals surface area (Å²) < 4.78 is 0. The Bertz CT molecular complexity index is 471. The second-order valence-corrected chi connectivity index (χ2v) is 5.82. The summed E-state index contributed by atoms with van der Waals surface area (Å²) in [5.41, 5.74) is -0.0476. The number of aromatic hydroxyl groups is 1. The largest absolute Gasteiger partial charge is 0.508 e. The first-order valence-corrected chi connectivity index (χ1v) is 6.72. The Balaban J connectivity index is 2.13. The number of phenolic OH excluding ortho intramolecular Hbond substituents is 1. The highest BCUT2D eigenvalue weighted by Crippen LogP contribution is 2.33. The molecule has 5 heteroatoms. The lowest BCUT2D eigenvalue weighted by molar-refractivity contribution is -0.151. The van der Waals surface area contributed by atoms with Crippen molar-refractivity contribution in [1.29, 1.82) is 0 Å². The van der Waals surface area contributed by atoms with E-state index in [1.807, 2.05) is 4.90 Å². The van der Waals surface area contributed by atoms with Crippen LogP contribution in [0.2, 0.25) is 5.02 Å². The first-order chi connectivity index (χ1) is 8.92. The molecule has 2 rings (SSSR count). The number of halogens is 1. The van der Waals surface area contributed by atoms with Crippen molar-refractivity contribution in [2.75, 3.05) is 13.1 Å². The van der Waals surface area contributed by atoms with Gasteiger partial charge in [-0.15, -0.1) is 0 Å². The molecule has 1 heterocycles. The summed E-state index contributed by atoms with van der Waals surface area (Å²) in [5.74, 6) is -0.601. The average Bonchev–Trinajstić information content (AvgIpc) is 2.34. The van der Waals surface area contributed by atoms with Gasteiger partial charge in [0.2, 0.25) is 0 Å². The molecule has 0 aliphatic carbocycles. The number of carboxylic acid groups (broad SMARTS) is 1. The van der Waals surface area contributed by atoms with Crippen LogP contribution in [0, 0.1) is 5.41 Å². The van der Waals surface area contributed by atoms with Gasteiger partial charge in [0.15, 0.2) is 0 Å². The van der Waals surface area contributed by atoms with Crippen LogP contribution in [-0.4, -0.2) is 34.2 Å². The average molecular weight is 284 g/mol. The zero-order valence-electron chi connectivity index (χ0n) is 10.9. The Labute approximate surface area is 117 Å².